The molecule has 8 heteroatoms. The van der Waals surface area contributed by atoms with Crippen LogP contribution in [0.4, 0.5) is 4.79 Å². The van der Waals surface area contributed by atoms with Crippen molar-refractivity contribution >= 4 is 20.0 Å². The minimum atomic E-state index is -2.50. The van der Waals surface area contributed by atoms with Crippen LogP contribution in [0.2, 0.25) is 0 Å². The van der Waals surface area contributed by atoms with Gasteiger partial charge in [0.2, 0.25) is 5.91 Å². The first kappa shape index (κ1) is 17.1. The van der Waals surface area contributed by atoms with Crippen molar-refractivity contribution in [2.75, 3.05) is 0 Å². The predicted molar refractivity (Wildman–Crippen MR) is 76.7 cm³/mol. The summed E-state index contributed by atoms with van der Waals surface area (Å²) in [5.74, 6) is -1.44. The summed E-state index contributed by atoms with van der Waals surface area (Å²) in [5.41, 5.74) is 0.829. The first-order valence-corrected chi connectivity index (χ1v) is 7.61. The molecular formula is C13H18N2O5P+. The molecule has 0 bridgehead atoms. The van der Waals surface area contributed by atoms with Crippen molar-refractivity contribution in [3.05, 3.63) is 35.9 Å². The summed E-state index contributed by atoms with van der Waals surface area (Å²) in [5, 5.41) is 4.66. The van der Waals surface area contributed by atoms with Crippen LogP contribution in [0.1, 0.15) is 19.4 Å². The molecule has 0 aliphatic heterocycles. The molecule has 0 heterocycles. The fraction of sp³-hybridized carbons (Fsp3) is 0.385. The number of nitrogens with one attached hydrogen (secondary N) is 2. The number of amides is 2. The first-order valence-electron chi connectivity index (χ1n) is 6.33. The van der Waals surface area contributed by atoms with Gasteiger partial charge in [-0.3, -0.25) is 4.79 Å². The highest BCUT2D eigenvalue weighted by Crippen LogP contribution is 2.18. The highest BCUT2D eigenvalue weighted by atomic mass is 31.1. The van der Waals surface area contributed by atoms with Gasteiger partial charge in [0.15, 0.2) is 0 Å². The molecule has 7 nitrogen and oxygen atoms in total. The van der Waals surface area contributed by atoms with Crippen LogP contribution in [-0.4, -0.2) is 28.7 Å². The lowest BCUT2D eigenvalue weighted by Crippen LogP contribution is -2.46. The summed E-state index contributed by atoms with van der Waals surface area (Å²) in [4.78, 5) is 32.0. The molecule has 21 heavy (non-hydrogen) atoms. The molecule has 3 atom stereocenters. The Morgan fingerprint density at radius 3 is 2.43 bits per heavy atom. The van der Waals surface area contributed by atoms with Gasteiger partial charge in [-0.05, 0) is 17.1 Å². The van der Waals surface area contributed by atoms with Gasteiger partial charge in [-0.1, -0.05) is 30.3 Å². The SMILES string of the molecule is C[C@H](NC(=O)OCc1ccccc1)C(=O)N[C@@H](C)[P+](=O)O. The summed E-state index contributed by atoms with van der Waals surface area (Å²) < 4.78 is 15.7. The predicted octanol–water partition coefficient (Wildman–Crippen LogP) is 1.50. The number of ether oxygens (including phenoxy) is 1. The number of hydrogen-bond donors (Lipinski definition) is 3. The van der Waals surface area contributed by atoms with E-state index < -0.39 is 31.9 Å². The van der Waals surface area contributed by atoms with Crippen LogP contribution >= 0.6 is 8.03 Å². The summed E-state index contributed by atoms with van der Waals surface area (Å²) >= 11 is 0. The van der Waals surface area contributed by atoms with Gasteiger partial charge in [-0.25, -0.2) is 4.79 Å². The third kappa shape index (κ3) is 6.33. The monoisotopic (exact) mass is 313 g/mol. The van der Waals surface area contributed by atoms with Crippen molar-refractivity contribution in [3.8, 4) is 0 Å². The lowest BCUT2D eigenvalue weighted by atomic mass is 10.2. The maximum atomic E-state index is 11.6. The fourth-order valence-electron chi connectivity index (χ4n) is 1.39. The van der Waals surface area contributed by atoms with Crippen LogP contribution in [0.15, 0.2) is 30.3 Å². The van der Waals surface area contributed by atoms with Crippen LogP contribution < -0.4 is 10.6 Å². The van der Waals surface area contributed by atoms with Gasteiger partial charge in [0, 0.05) is 6.92 Å². The molecule has 0 aromatic heterocycles. The van der Waals surface area contributed by atoms with E-state index in [-0.39, 0.29) is 6.61 Å². The molecule has 0 fully saturated rings. The van der Waals surface area contributed by atoms with E-state index >= 15 is 0 Å². The van der Waals surface area contributed by atoms with E-state index in [0.29, 0.717) is 0 Å². The van der Waals surface area contributed by atoms with Crippen LogP contribution in [-0.2, 0) is 20.7 Å². The number of carbonyl (C=O) groups excluding carboxylic acids is 2. The molecule has 3 N–H and O–H groups in total. The van der Waals surface area contributed by atoms with Crippen molar-refractivity contribution in [3.63, 3.8) is 0 Å². The van der Waals surface area contributed by atoms with Gasteiger partial charge < -0.3 is 15.4 Å². The van der Waals surface area contributed by atoms with E-state index in [9.17, 15) is 14.2 Å². The van der Waals surface area contributed by atoms with Crippen molar-refractivity contribution < 1.29 is 23.8 Å². The van der Waals surface area contributed by atoms with Crippen molar-refractivity contribution in [2.24, 2.45) is 0 Å². The Kier molecular flexibility index (Phi) is 6.78. The van der Waals surface area contributed by atoms with Gasteiger partial charge in [0.25, 0.3) is 5.78 Å². The van der Waals surface area contributed by atoms with Crippen LogP contribution in [0.25, 0.3) is 0 Å². The standard InChI is InChI=1S/C13H17N2O5P/c1-9(12(16)15-10(2)21(18)19)14-13(17)20-8-11-6-4-3-5-7-11/h3-7,9-10H,8H2,1-2H3,(H2-,14,15,16,17,18,19)/p+1/t9-,10+/m0/s1. The molecule has 0 radical (unpaired) electrons. The minimum Gasteiger partial charge on any atom is -0.445 e. The van der Waals surface area contributed by atoms with Crippen molar-refractivity contribution in [1.82, 2.24) is 10.6 Å². The second-order valence-electron chi connectivity index (χ2n) is 4.41. The Hall–Kier alpha value is -1.98. The molecule has 114 valence electrons. The molecule has 0 saturated carbocycles. The van der Waals surface area contributed by atoms with E-state index in [4.69, 9.17) is 9.63 Å². The zero-order valence-electron chi connectivity index (χ0n) is 11.8. The molecule has 1 unspecified atom stereocenters. The highest BCUT2D eigenvalue weighted by molar-refractivity contribution is 7.38. The maximum absolute atomic E-state index is 11.6. The summed E-state index contributed by atoms with van der Waals surface area (Å²) in [6.45, 7) is 2.95. The number of carbonyl (C=O) groups is 2. The van der Waals surface area contributed by atoms with E-state index in [0.717, 1.165) is 5.56 Å². The summed E-state index contributed by atoms with van der Waals surface area (Å²) in [6, 6.07) is 8.24. The van der Waals surface area contributed by atoms with E-state index in [1.165, 1.54) is 13.8 Å². The quantitative estimate of drug-likeness (QED) is 0.690. The van der Waals surface area contributed by atoms with Crippen molar-refractivity contribution in [2.45, 2.75) is 32.3 Å². The number of benzene rings is 1. The third-order valence-corrected chi connectivity index (χ3v) is 3.41. The summed E-state index contributed by atoms with van der Waals surface area (Å²) in [7, 11) is -2.50. The molecule has 1 aromatic rings. The normalized spacial score (nSPS) is 13.8. The maximum Gasteiger partial charge on any atom is 0.530 e. The van der Waals surface area contributed by atoms with Gasteiger partial charge >= 0.3 is 14.1 Å². The smallest absolute Gasteiger partial charge is 0.445 e. The Balaban J connectivity index is 2.36. The molecule has 0 aliphatic rings. The molecule has 0 spiro atoms. The number of rotatable bonds is 6. The van der Waals surface area contributed by atoms with E-state index in [1.807, 2.05) is 30.3 Å². The van der Waals surface area contributed by atoms with Gasteiger partial charge in [-0.2, -0.15) is 4.89 Å². The Bertz CT molecular complexity index is 509. The summed E-state index contributed by atoms with van der Waals surface area (Å²) in [6.07, 6.45) is -0.734. The minimum absolute atomic E-state index is 0.0971. The van der Waals surface area contributed by atoms with Crippen LogP contribution in [0, 0.1) is 0 Å². The lowest BCUT2D eigenvalue weighted by Gasteiger charge is -2.13. The zero-order chi connectivity index (χ0) is 15.8. The average Bonchev–Trinajstić information content (AvgIpc) is 2.45. The average molecular weight is 313 g/mol. The van der Waals surface area contributed by atoms with Gasteiger partial charge in [0.05, 0.1) is 0 Å². The van der Waals surface area contributed by atoms with Crippen LogP contribution in [0.3, 0.4) is 0 Å². The molecule has 2 amide bonds. The van der Waals surface area contributed by atoms with E-state index in [2.05, 4.69) is 10.6 Å². The number of hydrogen-bond acceptors (Lipinski definition) is 4. The van der Waals surface area contributed by atoms with E-state index in [1.54, 1.807) is 0 Å². The highest BCUT2D eigenvalue weighted by Gasteiger charge is 2.27. The largest absolute Gasteiger partial charge is 0.530 e. The third-order valence-electron chi connectivity index (χ3n) is 2.62. The Morgan fingerprint density at radius 1 is 1.24 bits per heavy atom. The number of alkyl carbamates (subject to hydrolysis) is 1. The topological polar surface area (TPSA) is 105 Å². The van der Waals surface area contributed by atoms with Gasteiger partial charge in [-0.15, -0.1) is 0 Å². The zero-order valence-corrected chi connectivity index (χ0v) is 12.7. The Labute approximate surface area is 123 Å². The Morgan fingerprint density at radius 2 is 1.86 bits per heavy atom. The first-order chi connectivity index (χ1) is 9.90. The molecule has 1 rings (SSSR count). The fourth-order valence-corrected chi connectivity index (χ4v) is 1.63. The lowest BCUT2D eigenvalue weighted by molar-refractivity contribution is -0.122. The molecule has 0 aliphatic carbocycles. The second-order valence-corrected chi connectivity index (χ2v) is 5.79. The van der Waals surface area contributed by atoms with Crippen molar-refractivity contribution in [1.29, 1.82) is 0 Å². The van der Waals surface area contributed by atoms with Crippen LogP contribution in [0.5, 0.6) is 0 Å². The molecule has 1 aromatic carbocycles. The molecule has 0 saturated heterocycles. The van der Waals surface area contributed by atoms with Gasteiger partial charge in [0.1, 0.15) is 12.6 Å². The molecular weight excluding hydrogens is 295 g/mol. The second kappa shape index (κ2) is 8.34.